The first kappa shape index (κ1) is 12.4. The van der Waals surface area contributed by atoms with E-state index in [1.807, 2.05) is 17.7 Å². The summed E-state index contributed by atoms with van der Waals surface area (Å²) in [5.41, 5.74) is 1.99. The molecule has 0 aliphatic rings. The summed E-state index contributed by atoms with van der Waals surface area (Å²) in [7, 11) is 0. The van der Waals surface area contributed by atoms with E-state index in [-0.39, 0.29) is 5.82 Å². The molecular weight excluding hydrogens is 229 g/mol. The molecule has 0 bridgehead atoms. The van der Waals surface area contributed by atoms with Crippen molar-refractivity contribution < 1.29 is 4.39 Å². The van der Waals surface area contributed by atoms with E-state index in [2.05, 4.69) is 16.9 Å². The quantitative estimate of drug-likeness (QED) is 0.821. The second-order valence-electron chi connectivity index (χ2n) is 4.13. The van der Waals surface area contributed by atoms with Crippen LogP contribution in [-0.4, -0.2) is 16.1 Å². The van der Waals surface area contributed by atoms with Crippen LogP contribution in [0.1, 0.15) is 11.3 Å². The monoisotopic (exact) mass is 245 g/mol. The molecule has 0 saturated heterocycles. The van der Waals surface area contributed by atoms with E-state index in [1.165, 1.54) is 12.1 Å². The smallest absolute Gasteiger partial charge is 0.203 e. The first-order chi connectivity index (χ1) is 8.69. The van der Waals surface area contributed by atoms with Crippen molar-refractivity contribution in [1.29, 1.82) is 0 Å². The average Bonchev–Trinajstić information content (AvgIpc) is 2.70. The number of halogens is 1. The summed E-state index contributed by atoms with van der Waals surface area (Å²) in [6.45, 7) is 6.94. The van der Waals surface area contributed by atoms with Gasteiger partial charge in [0.15, 0.2) is 0 Å². The standard InChI is InChI=1S/C14H16FN3/c1-3-8-16-14-17-11(2)9-18(14)10-12-4-6-13(15)7-5-12/h3-7,9H,1,8,10H2,2H3,(H,16,17). The lowest BCUT2D eigenvalue weighted by atomic mass is 10.2. The third kappa shape index (κ3) is 2.97. The third-order valence-electron chi connectivity index (χ3n) is 2.57. The number of anilines is 1. The lowest BCUT2D eigenvalue weighted by Gasteiger charge is -2.08. The molecule has 3 nitrogen and oxygen atoms in total. The van der Waals surface area contributed by atoms with Crippen molar-refractivity contribution in [2.45, 2.75) is 13.5 Å². The Bertz CT molecular complexity index is 528. The van der Waals surface area contributed by atoms with Crippen LogP contribution >= 0.6 is 0 Å². The van der Waals surface area contributed by atoms with Crippen molar-refractivity contribution in [3.63, 3.8) is 0 Å². The highest BCUT2D eigenvalue weighted by Crippen LogP contribution is 2.12. The molecule has 18 heavy (non-hydrogen) atoms. The van der Waals surface area contributed by atoms with E-state index in [4.69, 9.17) is 0 Å². The van der Waals surface area contributed by atoms with Gasteiger partial charge in [0.1, 0.15) is 5.82 Å². The Kier molecular flexibility index (Phi) is 3.77. The normalized spacial score (nSPS) is 10.3. The topological polar surface area (TPSA) is 29.9 Å². The highest BCUT2D eigenvalue weighted by Gasteiger charge is 2.05. The van der Waals surface area contributed by atoms with Gasteiger partial charge in [0, 0.05) is 12.7 Å². The molecular formula is C14H16FN3. The first-order valence-electron chi connectivity index (χ1n) is 5.82. The number of hydrogen-bond donors (Lipinski definition) is 1. The van der Waals surface area contributed by atoms with Gasteiger partial charge in [0.2, 0.25) is 5.95 Å². The Morgan fingerprint density at radius 1 is 1.39 bits per heavy atom. The fourth-order valence-electron chi connectivity index (χ4n) is 1.76. The highest BCUT2D eigenvalue weighted by molar-refractivity contribution is 5.31. The molecule has 1 heterocycles. The fraction of sp³-hybridized carbons (Fsp3) is 0.214. The van der Waals surface area contributed by atoms with Crippen molar-refractivity contribution in [1.82, 2.24) is 9.55 Å². The molecule has 0 atom stereocenters. The zero-order valence-corrected chi connectivity index (χ0v) is 10.4. The van der Waals surface area contributed by atoms with Gasteiger partial charge >= 0.3 is 0 Å². The number of nitrogens with zero attached hydrogens (tertiary/aromatic N) is 2. The lowest BCUT2D eigenvalue weighted by molar-refractivity contribution is 0.626. The van der Waals surface area contributed by atoms with Crippen LogP contribution in [0, 0.1) is 12.7 Å². The molecule has 94 valence electrons. The predicted octanol–water partition coefficient (Wildman–Crippen LogP) is 2.98. The third-order valence-corrected chi connectivity index (χ3v) is 2.57. The summed E-state index contributed by atoms with van der Waals surface area (Å²) in [6.07, 6.45) is 3.75. The van der Waals surface area contributed by atoms with Crippen LogP contribution in [0.15, 0.2) is 43.1 Å². The van der Waals surface area contributed by atoms with Gasteiger partial charge in [0.05, 0.1) is 12.2 Å². The van der Waals surface area contributed by atoms with Crippen molar-refractivity contribution in [3.8, 4) is 0 Å². The zero-order chi connectivity index (χ0) is 13.0. The van der Waals surface area contributed by atoms with Gasteiger partial charge in [-0.15, -0.1) is 6.58 Å². The summed E-state index contributed by atoms with van der Waals surface area (Å²) < 4.78 is 14.8. The maximum absolute atomic E-state index is 12.8. The molecule has 2 rings (SSSR count). The van der Waals surface area contributed by atoms with Gasteiger partial charge in [-0.3, -0.25) is 0 Å². The molecule has 1 aromatic heterocycles. The molecule has 0 unspecified atom stereocenters. The van der Waals surface area contributed by atoms with Gasteiger partial charge in [-0.25, -0.2) is 9.37 Å². The Hall–Kier alpha value is -2.10. The number of hydrogen-bond acceptors (Lipinski definition) is 2. The molecule has 0 amide bonds. The molecule has 0 radical (unpaired) electrons. The van der Waals surface area contributed by atoms with Gasteiger partial charge in [-0.05, 0) is 24.6 Å². The Balaban J connectivity index is 2.17. The number of aromatic nitrogens is 2. The number of imidazole rings is 1. The SMILES string of the molecule is C=CCNc1nc(C)cn1Cc1ccc(F)cc1. The Labute approximate surface area is 106 Å². The van der Waals surface area contributed by atoms with Crippen molar-refractivity contribution >= 4 is 5.95 Å². The van der Waals surface area contributed by atoms with Gasteiger partial charge in [0.25, 0.3) is 0 Å². The van der Waals surface area contributed by atoms with Crippen LogP contribution in [0.4, 0.5) is 10.3 Å². The van der Waals surface area contributed by atoms with Crippen molar-refractivity contribution in [2.24, 2.45) is 0 Å². The van der Waals surface area contributed by atoms with E-state index in [0.29, 0.717) is 13.1 Å². The summed E-state index contributed by atoms with van der Waals surface area (Å²) in [6, 6.07) is 6.50. The maximum atomic E-state index is 12.8. The number of aryl methyl sites for hydroxylation is 1. The second kappa shape index (κ2) is 5.49. The van der Waals surface area contributed by atoms with Gasteiger partial charge < -0.3 is 9.88 Å². The van der Waals surface area contributed by atoms with Crippen LogP contribution < -0.4 is 5.32 Å². The zero-order valence-electron chi connectivity index (χ0n) is 10.4. The fourth-order valence-corrected chi connectivity index (χ4v) is 1.76. The number of rotatable bonds is 5. The summed E-state index contributed by atoms with van der Waals surface area (Å²) >= 11 is 0. The molecule has 0 spiro atoms. The van der Waals surface area contributed by atoms with Gasteiger partial charge in [-0.1, -0.05) is 18.2 Å². The summed E-state index contributed by atoms with van der Waals surface area (Å²) in [5.74, 6) is 0.585. The molecule has 4 heteroatoms. The first-order valence-corrected chi connectivity index (χ1v) is 5.82. The van der Waals surface area contributed by atoms with E-state index in [0.717, 1.165) is 17.2 Å². The van der Waals surface area contributed by atoms with Crippen LogP contribution in [0.5, 0.6) is 0 Å². The molecule has 0 aliphatic carbocycles. The molecule has 0 fully saturated rings. The van der Waals surface area contributed by atoms with E-state index < -0.39 is 0 Å². The minimum absolute atomic E-state index is 0.217. The minimum Gasteiger partial charge on any atom is -0.352 e. The summed E-state index contributed by atoms with van der Waals surface area (Å²) in [5, 5.41) is 3.18. The summed E-state index contributed by atoms with van der Waals surface area (Å²) in [4.78, 5) is 4.39. The Morgan fingerprint density at radius 2 is 2.11 bits per heavy atom. The maximum Gasteiger partial charge on any atom is 0.203 e. The van der Waals surface area contributed by atoms with Crippen LogP contribution in [0.3, 0.4) is 0 Å². The molecule has 0 aliphatic heterocycles. The molecule has 0 saturated carbocycles. The van der Waals surface area contributed by atoms with Crippen LogP contribution in [0.2, 0.25) is 0 Å². The minimum atomic E-state index is -0.217. The van der Waals surface area contributed by atoms with Crippen LogP contribution in [0.25, 0.3) is 0 Å². The molecule has 2 aromatic rings. The van der Waals surface area contributed by atoms with Crippen molar-refractivity contribution in [3.05, 3.63) is 60.2 Å². The number of nitrogens with one attached hydrogen (secondary N) is 1. The Morgan fingerprint density at radius 3 is 2.78 bits per heavy atom. The second-order valence-corrected chi connectivity index (χ2v) is 4.13. The number of benzene rings is 1. The van der Waals surface area contributed by atoms with E-state index in [9.17, 15) is 4.39 Å². The van der Waals surface area contributed by atoms with Gasteiger partial charge in [-0.2, -0.15) is 0 Å². The van der Waals surface area contributed by atoms with E-state index >= 15 is 0 Å². The van der Waals surface area contributed by atoms with E-state index in [1.54, 1.807) is 18.2 Å². The molecule has 1 aromatic carbocycles. The van der Waals surface area contributed by atoms with Crippen LogP contribution in [-0.2, 0) is 6.54 Å². The predicted molar refractivity (Wildman–Crippen MR) is 71.2 cm³/mol. The van der Waals surface area contributed by atoms with Crippen molar-refractivity contribution in [2.75, 3.05) is 11.9 Å². The average molecular weight is 245 g/mol. The lowest BCUT2D eigenvalue weighted by Crippen LogP contribution is -2.07. The molecule has 1 N–H and O–H groups in total. The largest absolute Gasteiger partial charge is 0.352 e. The highest BCUT2D eigenvalue weighted by atomic mass is 19.1.